The summed E-state index contributed by atoms with van der Waals surface area (Å²) in [5.74, 6) is -0.0642. The molecule has 0 aromatic rings. The zero-order valence-corrected chi connectivity index (χ0v) is 55.2. The Morgan fingerprint density at radius 3 is 0.963 bits per heavy atom. The van der Waals surface area contributed by atoms with Gasteiger partial charge >= 0.3 is 5.97 Å². The van der Waals surface area contributed by atoms with Crippen LogP contribution >= 0.6 is 0 Å². The fraction of sp³-hybridized carbons (Fsp3) is 0.868. The Morgan fingerprint density at radius 1 is 0.341 bits per heavy atom. The maximum atomic E-state index is 12.5. The molecule has 0 radical (unpaired) electrons. The molecule has 1 amide bonds. The van der Waals surface area contributed by atoms with E-state index in [4.69, 9.17) is 4.74 Å². The van der Waals surface area contributed by atoms with E-state index in [1.165, 1.54) is 321 Å². The number of carbonyl (C=O) groups excluding carboxylic acids is 2. The molecule has 6 heteroatoms. The number of hydrogen-bond donors (Lipinski definition) is 3. The van der Waals surface area contributed by atoms with Gasteiger partial charge in [0.1, 0.15) is 0 Å². The predicted molar refractivity (Wildman–Crippen MR) is 361 cm³/mol. The molecule has 0 bridgehead atoms. The van der Waals surface area contributed by atoms with Gasteiger partial charge in [-0.3, -0.25) is 9.59 Å². The summed E-state index contributed by atoms with van der Waals surface area (Å²) in [5, 5.41) is 23.3. The van der Waals surface area contributed by atoms with Crippen molar-refractivity contribution in [3.8, 4) is 0 Å². The lowest BCUT2D eigenvalue weighted by molar-refractivity contribution is -0.143. The number of unbranched alkanes of at least 4 members (excludes halogenated alkanes) is 52. The van der Waals surface area contributed by atoms with Gasteiger partial charge in [-0.1, -0.05) is 345 Å². The summed E-state index contributed by atoms with van der Waals surface area (Å²) in [6, 6.07) is -0.631. The number of aliphatic hydroxyl groups is 2. The first kappa shape index (κ1) is 79.8. The molecular formula is C76H143NO5. The summed E-state index contributed by atoms with van der Waals surface area (Å²) in [6.07, 6.45) is 93.4. The second kappa shape index (κ2) is 71.3. The summed E-state index contributed by atoms with van der Waals surface area (Å²) in [7, 11) is 0. The summed E-state index contributed by atoms with van der Waals surface area (Å²) in [6.45, 7) is 4.90. The fourth-order valence-corrected chi connectivity index (χ4v) is 11.4. The van der Waals surface area contributed by atoms with Crippen LogP contribution in [-0.4, -0.2) is 47.4 Å². The highest BCUT2D eigenvalue weighted by atomic mass is 16.5. The number of carbonyl (C=O) groups is 2. The minimum absolute atomic E-state index is 0.000990. The van der Waals surface area contributed by atoms with Crippen molar-refractivity contribution in [3.63, 3.8) is 0 Å². The van der Waals surface area contributed by atoms with Gasteiger partial charge in [0.05, 0.1) is 25.4 Å². The highest BCUT2D eigenvalue weighted by Crippen LogP contribution is 2.18. The number of nitrogens with one attached hydrogen (secondary N) is 1. The van der Waals surface area contributed by atoms with Crippen molar-refractivity contribution in [2.75, 3.05) is 13.2 Å². The molecule has 2 unspecified atom stereocenters. The van der Waals surface area contributed by atoms with Gasteiger partial charge in [0.15, 0.2) is 0 Å². The Labute approximate surface area is 512 Å². The number of rotatable bonds is 69. The Morgan fingerprint density at radius 2 is 0.610 bits per heavy atom. The number of ether oxygens (including phenoxy) is 1. The van der Waals surface area contributed by atoms with Gasteiger partial charge in [-0.05, 0) is 89.9 Å². The van der Waals surface area contributed by atoms with Gasteiger partial charge < -0.3 is 20.3 Å². The summed E-state index contributed by atoms with van der Waals surface area (Å²) in [5.41, 5.74) is 0. The summed E-state index contributed by atoms with van der Waals surface area (Å²) in [4.78, 5) is 24.6. The summed E-state index contributed by atoms with van der Waals surface area (Å²) < 4.78 is 5.49. The molecule has 0 aliphatic rings. The molecule has 0 rings (SSSR count). The smallest absolute Gasteiger partial charge is 0.305 e. The van der Waals surface area contributed by atoms with E-state index in [1.807, 2.05) is 6.08 Å². The molecule has 0 aromatic carbocycles. The average molecular weight is 1150 g/mol. The van der Waals surface area contributed by atoms with Gasteiger partial charge in [0.2, 0.25) is 5.91 Å². The van der Waals surface area contributed by atoms with Crippen molar-refractivity contribution in [3.05, 3.63) is 48.6 Å². The molecule has 0 aliphatic carbocycles. The van der Waals surface area contributed by atoms with E-state index in [-0.39, 0.29) is 18.5 Å². The Kier molecular flexibility index (Phi) is 69.4. The molecule has 482 valence electrons. The van der Waals surface area contributed by atoms with Crippen LogP contribution in [-0.2, 0) is 14.3 Å². The largest absolute Gasteiger partial charge is 0.466 e. The lowest BCUT2D eigenvalue weighted by Crippen LogP contribution is -2.45. The molecule has 82 heavy (non-hydrogen) atoms. The molecule has 0 aromatic heterocycles. The molecule has 3 N–H and O–H groups in total. The highest BCUT2D eigenvalue weighted by molar-refractivity contribution is 5.76. The van der Waals surface area contributed by atoms with Crippen molar-refractivity contribution in [2.45, 2.75) is 411 Å². The van der Waals surface area contributed by atoms with Crippen molar-refractivity contribution in [2.24, 2.45) is 0 Å². The third-order valence-electron chi connectivity index (χ3n) is 17.1. The van der Waals surface area contributed by atoms with Gasteiger partial charge in [-0.15, -0.1) is 0 Å². The van der Waals surface area contributed by atoms with E-state index in [9.17, 15) is 19.8 Å². The second-order valence-corrected chi connectivity index (χ2v) is 25.3. The highest BCUT2D eigenvalue weighted by Gasteiger charge is 2.18. The SMILES string of the molecule is CCCCC/C=C\C/C=C\CCCCCCCC(=O)OCCCCCCCCCCCCCC/C=C\CCCCCCCCCCCCCC(=O)NC(CO)C(O)/C=C/CCCCCCCCCCCCCCCCCCCCCCC. The number of esters is 1. The molecule has 0 saturated carbocycles. The minimum atomic E-state index is -0.847. The molecular weight excluding hydrogens is 1010 g/mol. The maximum Gasteiger partial charge on any atom is 0.305 e. The van der Waals surface area contributed by atoms with Crippen LogP contribution in [0.2, 0.25) is 0 Å². The molecule has 0 heterocycles. The van der Waals surface area contributed by atoms with Crippen LogP contribution in [0.25, 0.3) is 0 Å². The van der Waals surface area contributed by atoms with Crippen LogP contribution in [0.1, 0.15) is 399 Å². The Hall–Kier alpha value is -2.18. The Bertz CT molecular complexity index is 1370. The predicted octanol–water partition coefficient (Wildman–Crippen LogP) is 24.0. The third kappa shape index (κ3) is 67.0. The fourth-order valence-electron chi connectivity index (χ4n) is 11.4. The minimum Gasteiger partial charge on any atom is -0.466 e. The van der Waals surface area contributed by atoms with Crippen LogP contribution in [0, 0.1) is 0 Å². The van der Waals surface area contributed by atoms with Crippen LogP contribution in [0.15, 0.2) is 48.6 Å². The summed E-state index contributed by atoms with van der Waals surface area (Å²) >= 11 is 0. The molecule has 0 aliphatic heterocycles. The number of aliphatic hydroxyl groups excluding tert-OH is 2. The third-order valence-corrected chi connectivity index (χ3v) is 17.1. The zero-order valence-electron chi connectivity index (χ0n) is 55.2. The standard InChI is InChI=1S/C76H143NO5/c1-3-5-7-9-11-13-15-17-19-20-21-22-28-31-34-37-41-44-48-52-56-60-64-68-74(79)73(72-78)77-75(80)69-65-61-57-53-49-45-42-38-35-32-29-26-24-23-25-27-30-33-36-39-43-47-51-55-59-63-67-71-82-76(81)70-66-62-58-54-50-46-40-18-16-14-12-10-8-6-4-2/h12,14,18,23-24,40,64,68,73-74,78-79H,3-11,13,15-17,19-22,25-39,41-63,65-67,69-72H2,1-2H3,(H,77,80)/b14-12-,24-23-,40-18-,68-64+. The quantitative estimate of drug-likeness (QED) is 0.0320. The number of allylic oxidation sites excluding steroid dienone is 7. The van der Waals surface area contributed by atoms with Crippen LogP contribution in [0.4, 0.5) is 0 Å². The van der Waals surface area contributed by atoms with E-state index in [2.05, 4.69) is 55.6 Å². The van der Waals surface area contributed by atoms with Crippen molar-refractivity contribution < 1.29 is 24.5 Å². The van der Waals surface area contributed by atoms with Crippen LogP contribution in [0.5, 0.6) is 0 Å². The topological polar surface area (TPSA) is 95.9 Å². The molecule has 0 saturated heterocycles. The van der Waals surface area contributed by atoms with Gasteiger partial charge in [-0.25, -0.2) is 0 Å². The van der Waals surface area contributed by atoms with Gasteiger partial charge in [-0.2, -0.15) is 0 Å². The first-order valence-electron chi connectivity index (χ1n) is 36.9. The monoisotopic (exact) mass is 1150 g/mol. The van der Waals surface area contributed by atoms with E-state index >= 15 is 0 Å². The number of amides is 1. The Balaban J connectivity index is 3.42. The van der Waals surface area contributed by atoms with Crippen molar-refractivity contribution >= 4 is 11.9 Å². The maximum absolute atomic E-state index is 12.5. The van der Waals surface area contributed by atoms with Gasteiger partial charge in [0.25, 0.3) is 0 Å². The van der Waals surface area contributed by atoms with Gasteiger partial charge in [0, 0.05) is 12.8 Å². The molecule has 2 atom stereocenters. The van der Waals surface area contributed by atoms with E-state index in [0.717, 1.165) is 51.4 Å². The first-order valence-corrected chi connectivity index (χ1v) is 36.9. The lowest BCUT2D eigenvalue weighted by atomic mass is 10.0. The van der Waals surface area contributed by atoms with Crippen molar-refractivity contribution in [1.82, 2.24) is 5.32 Å². The van der Waals surface area contributed by atoms with Crippen LogP contribution < -0.4 is 5.32 Å². The molecule has 6 nitrogen and oxygen atoms in total. The van der Waals surface area contributed by atoms with E-state index in [0.29, 0.717) is 19.4 Å². The van der Waals surface area contributed by atoms with E-state index in [1.54, 1.807) is 6.08 Å². The number of hydrogen-bond acceptors (Lipinski definition) is 5. The second-order valence-electron chi connectivity index (χ2n) is 25.3. The average Bonchev–Trinajstić information content (AvgIpc) is 3.48. The zero-order chi connectivity index (χ0) is 59.2. The normalized spacial score (nSPS) is 12.8. The van der Waals surface area contributed by atoms with E-state index < -0.39 is 12.1 Å². The molecule has 0 fully saturated rings. The van der Waals surface area contributed by atoms with Crippen LogP contribution in [0.3, 0.4) is 0 Å². The first-order chi connectivity index (χ1) is 40.5. The lowest BCUT2D eigenvalue weighted by Gasteiger charge is -2.20. The molecule has 0 spiro atoms. The van der Waals surface area contributed by atoms with Crippen molar-refractivity contribution in [1.29, 1.82) is 0 Å².